The van der Waals surface area contributed by atoms with E-state index >= 15 is 0 Å². The number of hydrogen-bond acceptors (Lipinski definition) is 3. The molecular weight excluding hydrogens is 288 g/mol. The minimum Gasteiger partial charge on any atom is -0.306 e. The van der Waals surface area contributed by atoms with E-state index in [2.05, 4.69) is 28.3 Å². The molecule has 2 aliphatic rings. The molecule has 2 aromatic rings. The maximum absolute atomic E-state index is 12.8. The summed E-state index contributed by atoms with van der Waals surface area (Å²) in [7, 11) is 0. The summed E-state index contributed by atoms with van der Waals surface area (Å²) in [5.41, 5.74) is 3.51. The second-order valence-corrected chi connectivity index (χ2v) is 5.51. The topological polar surface area (TPSA) is 51.0 Å². The Morgan fingerprint density at radius 1 is 1.17 bits per heavy atom. The highest BCUT2D eigenvalue weighted by molar-refractivity contribution is 5.94. The fourth-order valence-electron chi connectivity index (χ4n) is 2.91. The Hall–Kier alpha value is -2.95. The zero-order valence-corrected chi connectivity index (χ0v) is 12.6. The van der Waals surface area contributed by atoms with Crippen LogP contribution in [0, 0.1) is 0 Å². The molecule has 1 aliphatic heterocycles. The predicted molar refractivity (Wildman–Crippen MR) is 86.9 cm³/mol. The third kappa shape index (κ3) is 2.50. The van der Waals surface area contributed by atoms with Crippen molar-refractivity contribution in [2.24, 2.45) is 0 Å². The molecule has 1 amide bonds. The maximum Gasteiger partial charge on any atom is 0.278 e. The second kappa shape index (κ2) is 5.68. The van der Waals surface area contributed by atoms with Gasteiger partial charge in [-0.25, -0.2) is 4.68 Å². The molecule has 0 saturated heterocycles. The maximum atomic E-state index is 12.8. The van der Waals surface area contributed by atoms with E-state index in [0.717, 1.165) is 24.2 Å². The largest absolute Gasteiger partial charge is 0.306 e. The summed E-state index contributed by atoms with van der Waals surface area (Å²) < 4.78 is 1.68. The zero-order valence-electron chi connectivity index (χ0n) is 12.6. The minimum atomic E-state index is -0.0578. The molecule has 0 bridgehead atoms. The minimum absolute atomic E-state index is 0.0578. The summed E-state index contributed by atoms with van der Waals surface area (Å²) >= 11 is 0. The molecule has 5 heteroatoms. The number of amides is 1. The van der Waals surface area contributed by atoms with E-state index in [0.29, 0.717) is 12.2 Å². The van der Waals surface area contributed by atoms with Gasteiger partial charge in [0.15, 0.2) is 5.69 Å². The summed E-state index contributed by atoms with van der Waals surface area (Å²) in [5.74, 6) is -0.0578. The summed E-state index contributed by atoms with van der Waals surface area (Å²) in [6.45, 7) is 0.706. The summed E-state index contributed by atoms with van der Waals surface area (Å²) in [6.07, 6.45) is 15.4. The van der Waals surface area contributed by atoms with E-state index in [1.165, 1.54) is 5.57 Å². The van der Waals surface area contributed by atoms with Crippen LogP contribution in [-0.2, 0) is 0 Å². The number of rotatable bonds is 2. The monoisotopic (exact) mass is 304 g/mol. The van der Waals surface area contributed by atoms with Gasteiger partial charge in [-0.1, -0.05) is 18.2 Å². The summed E-state index contributed by atoms with van der Waals surface area (Å²) in [5, 5.41) is 4.41. The molecule has 0 N–H and O–H groups in total. The summed E-state index contributed by atoms with van der Waals surface area (Å²) in [6, 6.07) is 5.51. The molecule has 0 atom stereocenters. The number of allylic oxidation sites excluding steroid dienone is 4. The Morgan fingerprint density at radius 3 is 2.96 bits per heavy atom. The van der Waals surface area contributed by atoms with E-state index < -0.39 is 0 Å². The first-order valence-corrected chi connectivity index (χ1v) is 7.67. The van der Waals surface area contributed by atoms with Gasteiger partial charge in [0.1, 0.15) is 0 Å². The van der Waals surface area contributed by atoms with Crippen LogP contribution in [0.4, 0.5) is 0 Å². The molecule has 0 unspecified atom stereocenters. The lowest BCUT2D eigenvalue weighted by Crippen LogP contribution is -2.27. The molecule has 5 nitrogen and oxygen atoms in total. The van der Waals surface area contributed by atoms with Crippen LogP contribution in [0.3, 0.4) is 0 Å². The Kier molecular flexibility index (Phi) is 3.38. The molecule has 23 heavy (non-hydrogen) atoms. The molecule has 4 rings (SSSR count). The van der Waals surface area contributed by atoms with Crippen molar-refractivity contribution in [3.05, 3.63) is 78.1 Å². The van der Waals surface area contributed by atoms with E-state index in [1.54, 1.807) is 29.3 Å². The Bertz CT molecular complexity index is 830. The van der Waals surface area contributed by atoms with Crippen molar-refractivity contribution in [2.45, 2.75) is 12.8 Å². The smallest absolute Gasteiger partial charge is 0.278 e. The molecule has 114 valence electrons. The number of carbonyl (C=O) groups is 1. The molecule has 0 aromatic carbocycles. The lowest BCUT2D eigenvalue weighted by molar-refractivity contribution is 0.0817. The van der Waals surface area contributed by atoms with Crippen LogP contribution in [0.15, 0.2) is 72.4 Å². The highest BCUT2D eigenvalue weighted by Gasteiger charge is 2.27. The van der Waals surface area contributed by atoms with Crippen molar-refractivity contribution < 1.29 is 4.79 Å². The normalized spacial score (nSPS) is 16.6. The van der Waals surface area contributed by atoms with Crippen molar-refractivity contribution in [2.75, 3.05) is 6.54 Å². The van der Waals surface area contributed by atoms with Crippen LogP contribution >= 0.6 is 0 Å². The van der Waals surface area contributed by atoms with E-state index in [4.69, 9.17) is 0 Å². The lowest BCUT2D eigenvalue weighted by atomic mass is 10.2. The van der Waals surface area contributed by atoms with Crippen molar-refractivity contribution in [1.82, 2.24) is 19.7 Å². The first kappa shape index (κ1) is 13.7. The molecule has 2 aromatic heterocycles. The van der Waals surface area contributed by atoms with Crippen molar-refractivity contribution in [3.63, 3.8) is 0 Å². The van der Waals surface area contributed by atoms with Crippen LogP contribution in [0.1, 0.15) is 23.3 Å². The van der Waals surface area contributed by atoms with E-state index in [-0.39, 0.29) is 5.91 Å². The number of hydrogen-bond donors (Lipinski definition) is 0. The first-order valence-electron chi connectivity index (χ1n) is 7.67. The van der Waals surface area contributed by atoms with Gasteiger partial charge in [-0.15, -0.1) is 0 Å². The van der Waals surface area contributed by atoms with Gasteiger partial charge in [0, 0.05) is 24.6 Å². The molecule has 1 aliphatic carbocycles. The Balaban J connectivity index is 1.62. The Labute approximate surface area is 134 Å². The average Bonchev–Trinajstić information content (AvgIpc) is 3.17. The van der Waals surface area contributed by atoms with Gasteiger partial charge in [-0.2, -0.15) is 5.10 Å². The van der Waals surface area contributed by atoms with Gasteiger partial charge in [-0.05, 0) is 42.7 Å². The van der Waals surface area contributed by atoms with Gasteiger partial charge in [0.25, 0.3) is 5.91 Å². The Morgan fingerprint density at radius 2 is 2.09 bits per heavy atom. The van der Waals surface area contributed by atoms with Gasteiger partial charge in [-0.3, -0.25) is 9.78 Å². The van der Waals surface area contributed by atoms with Gasteiger partial charge in [0.2, 0.25) is 0 Å². The first-order chi connectivity index (χ1) is 11.3. The van der Waals surface area contributed by atoms with Crippen molar-refractivity contribution in [1.29, 1.82) is 0 Å². The highest BCUT2D eigenvalue weighted by atomic mass is 16.2. The van der Waals surface area contributed by atoms with Crippen molar-refractivity contribution >= 4 is 5.91 Å². The molecule has 0 saturated carbocycles. The molecule has 3 heterocycles. The average molecular weight is 304 g/mol. The predicted octanol–water partition coefficient (Wildman–Crippen LogP) is 2.88. The fourth-order valence-corrected chi connectivity index (χ4v) is 2.91. The number of carbonyl (C=O) groups excluding carboxylic acids is 1. The second-order valence-electron chi connectivity index (χ2n) is 5.51. The fraction of sp³-hybridized carbons (Fsp3) is 0.167. The van der Waals surface area contributed by atoms with Crippen LogP contribution in [0.5, 0.6) is 0 Å². The van der Waals surface area contributed by atoms with E-state index in [9.17, 15) is 4.79 Å². The third-order valence-corrected chi connectivity index (χ3v) is 4.06. The van der Waals surface area contributed by atoms with Gasteiger partial charge < -0.3 is 4.90 Å². The standard InChI is InChI=1S/C18H16N4O/c23-18(21-11-8-14-5-2-1-3-7-17(14)21)16-9-12-22(20-16)15-6-4-10-19-13-15/h2-7,9-10,12-13H,1,8,11H2. The van der Waals surface area contributed by atoms with Gasteiger partial charge >= 0.3 is 0 Å². The van der Waals surface area contributed by atoms with Gasteiger partial charge in [0.05, 0.1) is 11.9 Å². The molecule has 0 fully saturated rings. The number of pyridine rings is 1. The zero-order chi connectivity index (χ0) is 15.6. The number of nitrogens with zero attached hydrogens (tertiary/aromatic N) is 4. The summed E-state index contributed by atoms with van der Waals surface area (Å²) in [4.78, 5) is 18.7. The van der Waals surface area contributed by atoms with Crippen LogP contribution in [0.2, 0.25) is 0 Å². The highest BCUT2D eigenvalue weighted by Crippen LogP contribution is 2.28. The number of aromatic nitrogens is 3. The SMILES string of the molecule is O=C(c1ccn(-c2cccnc2)n1)N1CCC2=C1C=CCC=C2. The third-order valence-electron chi connectivity index (χ3n) is 4.06. The lowest BCUT2D eigenvalue weighted by Gasteiger charge is -2.17. The molecule has 0 radical (unpaired) electrons. The van der Waals surface area contributed by atoms with E-state index in [1.807, 2.05) is 23.1 Å². The van der Waals surface area contributed by atoms with Crippen LogP contribution in [0.25, 0.3) is 5.69 Å². The van der Waals surface area contributed by atoms with Crippen LogP contribution in [-0.4, -0.2) is 32.1 Å². The molecule has 0 spiro atoms. The quantitative estimate of drug-likeness (QED) is 0.857. The van der Waals surface area contributed by atoms with Crippen molar-refractivity contribution in [3.8, 4) is 5.69 Å². The molecular formula is C18H16N4O. The van der Waals surface area contributed by atoms with Crippen LogP contribution < -0.4 is 0 Å².